The molecule has 4 rings (SSSR count). The Balaban J connectivity index is 1.30. The van der Waals surface area contributed by atoms with E-state index >= 15 is 0 Å². The van der Waals surface area contributed by atoms with Gasteiger partial charge in [-0.1, -0.05) is 27.7 Å². The van der Waals surface area contributed by atoms with Crippen molar-refractivity contribution in [2.75, 3.05) is 16.0 Å². The van der Waals surface area contributed by atoms with E-state index in [9.17, 15) is 9.59 Å². The molecule has 2 aromatic carbocycles. The summed E-state index contributed by atoms with van der Waals surface area (Å²) < 4.78 is 0. The smallest absolute Gasteiger partial charge is 0.228 e. The van der Waals surface area contributed by atoms with Gasteiger partial charge in [0.25, 0.3) is 0 Å². The van der Waals surface area contributed by atoms with Gasteiger partial charge in [0.15, 0.2) is 0 Å². The number of hydrogen-bond donors (Lipinski definition) is 3. The van der Waals surface area contributed by atoms with Crippen molar-refractivity contribution in [1.29, 1.82) is 0 Å². The van der Waals surface area contributed by atoms with Crippen LogP contribution in [0.25, 0.3) is 0 Å². The van der Waals surface area contributed by atoms with E-state index in [0.29, 0.717) is 0 Å². The second-order valence-corrected chi connectivity index (χ2v) is 9.75. The summed E-state index contributed by atoms with van der Waals surface area (Å²) in [5.41, 5.74) is 3.75. The molecule has 0 spiro atoms. The Morgan fingerprint density at radius 3 is 1.21 bits per heavy atom. The van der Waals surface area contributed by atoms with E-state index in [0.717, 1.165) is 35.6 Å². The topological polar surface area (TPSA) is 70.2 Å². The zero-order chi connectivity index (χ0) is 20.8. The van der Waals surface area contributed by atoms with Crippen LogP contribution in [0.5, 0.6) is 0 Å². The third kappa shape index (κ3) is 4.44. The summed E-state index contributed by atoms with van der Waals surface area (Å²) in [6.07, 6.45) is 1.90. The maximum atomic E-state index is 12.2. The van der Waals surface area contributed by atoms with Gasteiger partial charge in [-0.2, -0.15) is 0 Å². The fourth-order valence-corrected chi connectivity index (χ4v) is 3.73. The largest absolute Gasteiger partial charge is 0.356 e. The molecule has 2 atom stereocenters. The highest BCUT2D eigenvalue weighted by atomic mass is 16.2. The quantitative estimate of drug-likeness (QED) is 0.617. The second kappa shape index (κ2) is 6.90. The maximum absolute atomic E-state index is 12.2. The highest BCUT2D eigenvalue weighted by Gasteiger charge is 2.51. The molecular weight excluding hydrogens is 362 g/mol. The highest BCUT2D eigenvalue weighted by molar-refractivity contribution is 5.95. The SMILES string of the molecule is CC1(C)CC1C(=O)Nc1ccc(Nc2ccc(NC(=O)C3CC3(C)C)cc2)cc1. The molecular formula is C24H29N3O2. The predicted molar refractivity (Wildman–Crippen MR) is 117 cm³/mol. The Labute approximate surface area is 172 Å². The van der Waals surface area contributed by atoms with Crippen molar-refractivity contribution < 1.29 is 9.59 Å². The van der Waals surface area contributed by atoms with Crippen LogP contribution in [-0.2, 0) is 9.59 Å². The Morgan fingerprint density at radius 2 is 0.931 bits per heavy atom. The lowest BCUT2D eigenvalue weighted by Gasteiger charge is -2.11. The van der Waals surface area contributed by atoms with Gasteiger partial charge in [0, 0.05) is 34.6 Å². The summed E-state index contributed by atoms with van der Waals surface area (Å²) >= 11 is 0. The average molecular weight is 392 g/mol. The Hall–Kier alpha value is -2.82. The third-order valence-corrected chi connectivity index (χ3v) is 6.25. The van der Waals surface area contributed by atoms with Gasteiger partial charge < -0.3 is 16.0 Å². The van der Waals surface area contributed by atoms with Gasteiger partial charge in [-0.05, 0) is 72.2 Å². The van der Waals surface area contributed by atoms with Crippen molar-refractivity contribution in [2.24, 2.45) is 22.7 Å². The molecule has 152 valence electrons. The zero-order valence-corrected chi connectivity index (χ0v) is 17.5. The number of rotatable bonds is 6. The number of carbonyl (C=O) groups is 2. The van der Waals surface area contributed by atoms with E-state index in [-0.39, 0.29) is 34.5 Å². The summed E-state index contributed by atoms with van der Waals surface area (Å²) in [6, 6.07) is 15.4. The monoisotopic (exact) mass is 391 g/mol. The normalized spacial score (nSPS) is 23.0. The van der Waals surface area contributed by atoms with Crippen LogP contribution in [0.3, 0.4) is 0 Å². The van der Waals surface area contributed by atoms with Crippen molar-refractivity contribution in [3.63, 3.8) is 0 Å². The molecule has 2 aliphatic carbocycles. The van der Waals surface area contributed by atoms with Crippen molar-refractivity contribution in [1.82, 2.24) is 0 Å². The molecule has 0 aromatic heterocycles. The fraction of sp³-hybridized carbons (Fsp3) is 0.417. The van der Waals surface area contributed by atoms with Gasteiger partial charge in [-0.3, -0.25) is 9.59 Å². The number of anilines is 4. The van der Waals surface area contributed by atoms with Crippen molar-refractivity contribution in [2.45, 2.75) is 40.5 Å². The average Bonchev–Trinajstić information content (AvgIpc) is 3.52. The summed E-state index contributed by atoms with van der Waals surface area (Å²) in [5.74, 6) is 0.432. The summed E-state index contributed by atoms with van der Waals surface area (Å²) in [6.45, 7) is 8.47. The molecule has 2 amide bonds. The van der Waals surface area contributed by atoms with Crippen LogP contribution in [0.4, 0.5) is 22.7 Å². The van der Waals surface area contributed by atoms with Gasteiger partial charge in [-0.25, -0.2) is 0 Å². The molecule has 0 heterocycles. The van der Waals surface area contributed by atoms with Crippen molar-refractivity contribution in [3.8, 4) is 0 Å². The Morgan fingerprint density at radius 1 is 0.655 bits per heavy atom. The van der Waals surface area contributed by atoms with Gasteiger partial charge >= 0.3 is 0 Å². The van der Waals surface area contributed by atoms with Gasteiger partial charge in [0.2, 0.25) is 11.8 Å². The third-order valence-electron chi connectivity index (χ3n) is 6.25. The maximum Gasteiger partial charge on any atom is 0.228 e. The first-order chi connectivity index (χ1) is 13.6. The Kier molecular flexibility index (Phi) is 4.64. The van der Waals surface area contributed by atoms with Crippen LogP contribution in [0.1, 0.15) is 40.5 Å². The molecule has 5 heteroatoms. The first-order valence-corrected chi connectivity index (χ1v) is 10.2. The van der Waals surface area contributed by atoms with E-state index in [1.165, 1.54) is 0 Å². The minimum absolute atomic E-state index is 0.0999. The molecule has 0 bridgehead atoms. The Bertz CT molecular complexity index is 852. The number of benzene rings is 2. The van der Waals surface area contributed by atoms with E-state index in [2.05, 4.69) is 43.6 Å². The lowest BCUT2D eigenvalue weighted by atomic mass is 10.1. The van der Waals surface area contributed by atoms with E-state index in [1.54, 1.807) is 0 Å². The van der Waals surface area contributed by atoms with Crippen LogP contribution >= 0.6 is 0 Å². The summed E-state index contributed by atoms with van der Waals surface area (Å²) in [4.78, 5) is 24.4. The summed E-state index contributed by atoms with van der Waals surface area (Å²) in [7, 11) is 0. The number of amides is 2. The molecule has 2 unspecified atom stereocenters. The lowest BCUT2D eigenvalue weighted by molar-refractivity contribution is -0.118. The summed E-state index contributed by atoms with van der Waals surface area (Å²) in [5, 5.41) is 9.31. The zero-order valence-electron chi connectivity index (χ0n) is 17.5. The van der Waals surface area contributed by atoms with Crippen LogP contribution in [0, 0.1) is 22.7 Å². The molecule has 2 aliphatic rings. The first kappa shape index (κ1) is 19.5. The second-order valence-electron chi connectivity index (χ2n) is 9.75. The molecule has 0 saturated heterocycles. The van der Waals surface area contributed by atoms with Gasteiger partial charge in [0.1, 0.15) is 0 Å². The number of carbonyl (C=O) groups excluding carboxylic acids is 2. The predicted octanol–water partition coefficient (Wildman–Crippen LogP) is 5.40. The standard InChI is InChI=1S/C24H29N3O2/c1-23(2)13-19(23)21(28)26-17-9-5-15(6-10-17)25-16-7-11-18(12-8-16)27-22(29)20-14-24(20,3)4/h5-12,19-20,25H,13-14H2,1-4H3,(H,26,28)(H,27,29). The first-order valence-electron chi connectivity index (χ1n) is 10.2. The molecule has 0 aliphatic heterocycles. The van der Waals surface area contributed by atoms with Gasteiger partial charge in [0.05, 0.1) is 0 Å². The van der Waals surface area contributed by atoms with Crippen LogP contribution in [0.2, 0.25) is 0 Å². The fourth-order valence-electron chi connectivity index (χ4n) is 3.73. The molecule has 29 heavy (non-hydrogen) atoms. The lowest BCUT2D eigenvalue weighted by Crippen LogP contribution is -2.16. The van der Waals surface area contributed by atoms with Crippen molar-refractivity contribution >= 4 is 34.6 Å². The molecule has 0 radical (unpaired) electrons. The molecule has 2 fully saturated rings. The number of hydrogen-bond acceptors (Lipinski definition) is 3. The van der Waals surface area contributed by atoms with Crippen LogP contribution < -0.4 is 16.0 Å². The number of nitrogens with one attached hydrogen (secondary N) is 3. The minimum Gasteiger partial charge on any atom is -0.356 e. The van der Waals surface area contributed by atoms with Gasteiger partial charge in [-0.15, -0.1) is 0 Å². The minimum atomic E-state index is 0.0999. The molecule has 2 saturated carbocycles. The van der Waals surface area contributed by atoms with Crippen molar-refractivity contribution in [3.05, 3.63) is 48.5 Å². The highest BCUT2D eigenvalue weighted by Crippen LogP contribution is 2.52. The van der Waals surface area contributed by atoms with E-state index < -0.39 is 0 Å². The molecule has 2 aromatic rings. The van der Waals surface area contributed by atoms with Crippen LogP contribution in [-0.4, -0.2) is 11.8 Å². The van der Waals surface area contributed by atoms with E-state index in [4.69, 9.17) is 0 Å². The van der Waals surface area contributed by atoms with Crippen LogP contribution in [0.15, 0.2) is 48.5 Å². The molecule has 3 N–H and O–H groups in total. The van der Waals surface area contributed by atoms with E-state index in [1.807, 2.05) is 48.5 Å². The molecule has 5 nitrogen and oxygen atoms in total.